The summed E-state index contributed by atoms with van der Waals surface area (Å²) in [7, 11) is 0.381. The molecule has 0 N–H and O–H groups in total. The van der Waals surface area contributed by atoms with Gasteiger partial charge >= 0.3 is 0 Å². The predicted octanol–water partition coefficient (Wildman–Crippen LogP) is 4.03. The van der Waals surface area contributed by atoms with Crippen LogP contribution in [0.1, 0.15) is 27.7 Å². The van der Waals surface area contributed by atoms with E-state index in [1.54, 1.807) is 0 Å². The standard InChI is InChI=1S/C11H26OS2Si/c1-9(2)13-8-11(14-10(3)4)15(6,7)12-5/h9-11H,8H2,1-7H3. The van der Waals surface area contributed by atoms with Gasteiger partial charge in [0.2, 0.25) is 0 Å². The zero-order chi connectivity index (χ0) is 12.1. The molecule has 1 nitrogen and oxygen atoms in total. The normalized spacial score (nSPS) is 15.0. The van der Waals surface area contributed by atoms with Crippen molar-refractivity contribution in [1.82, 2.24) is 0 Å². The largest absolute Gasteiger partial charge is 0.419 e. The van der Waals surface area contributed by atoms with Gasteiger partial charge in [0.25, 0.3) is 0 Å². The van der Waals surface area contributed by atoms with Gasteiger partial charge in [-0.15, -0.1) is 0 Å². The molecule has 0 fully saturated rings. The van der Waals surface area contributed by atoms with Gasteiger partial charge in [0.05, 0.1) is 0 Å². The monoisotopic (exact) mass is 266 g/mol. The van der Waals surface area contributed by atoms with Crippen molar-refractivity contribution in [2.45, 2.75) is 56.2 Å². The molecule has 0 aliphatic heterocycles. The van der Waals surface area contributed by atoms with Crippen LogP contribution in [0.3, 0.4) is 0 Å². The molecule has 15 heavy (non-hydrogen) atoms. The van der Waals surface area contributed by atoms with Crippen molar-refractivity contribution in [2.24, 2.45) is 0 Å². The SMILES string of the molecule is CO[Si](C)(C)C(CSC(C)C)SC(C)C. The Morgan fingerprint density at radius 2 is 1.60 bits per heavy atom. The van der Waals surface area contributed by atoms with E-state index in [2.05, 4.69) is 64.3 Å². The molecule has 0 radical (unpaired) electrons. The van der Waals surface area contributed by atoms with Gasteiger partial charge in [-0.05, 0) is 23.6 Å². The van der Waals surface area contributed by atoms with E-state index in [9.17, 15) is 0 Å². The van der Waals surface area contributed by atoms with E-state index < -0.39 is 8.32 Å². The van der Waals surface area contributed by atoms with Gasteiger partial charge in [0.15, 0.2) is 8.32 Å². The number of rotatable bonds is 7. The van der Waals surface area contributed by atoms with Gasteiger partial charge in [0, 0.05) is 17.7 Å². The highest BCUT2D eigenvalue weighted by Gasteiger charge is 2.33. The summed E-state index contributed by atoms with van der Waals surface area (Å²) in [4.78, 5) is 0.704. The maximum absolute atomic E-state index is 5.74. The van der Waals surface area contributed by atoms with E-state index in [0.717, 1.165) is 5.25 Å². The van der Waals surface area contributed by atoms with Crippen LogP contribution >= 0.6 is 23.5 Å². The minimum Gasteiger partial charge on any atom is -0.419 e. The highest BCUT2D eigenvalue weighted by atomic mass is 32.2. The van der Waals surface area contributed by atoms with Gasteiger partial charge in [0.1, 0.15) is 0 Å². The lowest BCUT2D eigenvalue weighted by atomic mass is 10.6. The lowest BCUT2D eigenvalue weighted by Crippen LogP contribution is -2.44. The van der Waals surface area contributed by atoms with Crippen LogP contribution in [0.4, 0.5) is 0 Å². The minimum absolute atomic E-state index is 0.699. The molecule has 0 amide bonds. The van der Waals surface area contributed by atoms with Crippen LogP contribution < -0.4 is 0 Å². The summed E-state index contributed by atoms with van der Waals surface area (Å²) >= 11 is 4.15. The summed E-state index contributed by atoms with van der Waals surface area (Å²) in [5.41, 5.74) is 0. The molecular formula is C11H26OS2Si. The second-order valence-corrected chi connectivity index (χ2v) is 13.0. The summed E-state index contributed by atoms with van der Waals surface area (Å²) < 4.78 is 5.74. The second-order valence-electron chi connectivity index (χ2n) is 4.86. The molecule has 0 spiro atoms. The van der Waals surface area contributed by atoms with E-state index in [0.29, 0.717) is 10.1 Å². The molecule has 0 saturated heterocycles. The fourth-order valence-corrected chi connectivity index (χ4v) is 7.48. The summed E-state index contributed by atoms with van der Waals surface area (Å²) in [5, 5.41) is 1.42. The predicted molar refractivity (Wildman–Crippen MR) is 78.6 cm³/mol. The molecule has 0 saturated carbocycles. The van der Waals surface area contributed by atoms with Gasteiger partial charge in [-0.2, -0.15) is 23.5 Å². The second kappa shape index (κ2) is 7.25. The van der Waals surface area contributed by atoms with Crippen LogP contribution in [0.25, 0.3) is 0 Å². The highest BCUT2D eigenvalue weighted by molar-refractivity contribution is 8.05. The van der Waals surface area contributed by atoms with Crippen LogP contribution in [0.5, 0.6) is 0 Å². The Balaban J connectivity index is 4.30. The van der Waals surface area contributed by atoms with Gasteiger partial charge < -0.3 is 4.43 Å². The Kier molecular flexibility index (Phi) is 7.67. The van der Waals surface area contributed by atoms with E-state index in [1.807, 2.05) is 7.11 Å². The number of hydrogen-bond acceptors (Lipinski definition) is 3. The summed E-state index contributed by atoms with van der Waals surface area (Å²) in [6.45, 7) is 13.7. The van der Waals surface area contributed by atoms with Crippen LogP contribution in [0.2, 0.25) is 13.1 Å². The maximum atomic E-state index is 5.74. The van der Waals surface area contributed by atoms with E-state index >= 15 is 0 Å². The van der Waals surface area contributed by atoms with Crippen LogP contribution in [0.15, 0.2) is 0 Å². The van der Waals surface area contributed by atoms with Crippen LogP contribution in [0, 0.1) is 0 Å². The van der Waals surface area contributed by atoms with Crippen molar-refractivity contribution in [2.75, 3.05) is 12.9 Å². The molecule has 0 rings (SSSR count). The highest BCUT2D eigenvalue weighted by Crippen LogP contribution is 2.30. The molecule has 0 aromatic carbocycles. The van der Waals surface area contributed by atoms with Gasteiger partial charge in [-0.3, -0.25) is 0 Å². The van der Waals surface area contributed by atoms with Crippen molar-refractivity contribution < 1.29 is 4.43 Å². The quantitative estimate of drug-likeness (QED) is 0.644. The molecule has 0 bridgehead atoms. The molecule has 92 valence electrons. The fourth-order valence-electron chi connectivity index (χ4n) is 1.14. The molecule has 0 aromatic rings. The third-order valence-electron chi connectivity index (χ3n) is 2.32. The van der Waals surface area contributed by atoms with E-state index in [1.165, 1.54) is 5.75 Å². The van der Waals surface area contributed by atoms with Crippen molar-refractivity contribution in [1.29, 1.82) is 0 Å². The number of thioether (sulfide) groups is 2. The number of hydrogen-bond donors (Lipinski definition) is 0. The van der Waals surface area contributed by atoms with Gasteiger partial charge in [-0.1, -0.05) is 27.7 Å². The minimum atomic E-state index is -1.49. The molecule has 1 atom stereocenters. The van der Waals surface area contributed by atoms with E-state index in [4.69, 9.17) is 4.43 Å². The molecule has 1 unspecified atom stereocenters. The summed E-state index contributed by atoms with van der Waals surface area (Å²) in [6.07, 6.45) is 0. The van der Waals surface area contributed by atoms with E-state index in [-0.39, 0.29) is 0 Å². The first kappa shape index (κ1) is 15.9. The van der Waals surface area contributed by atoms with Crippen molar-refractivity contribution in [3.63, 3.8) is 0 Å². The lowest BCUT2D eigenvalue weighted by molar-refractivity contribution is 0.403. The van der Waals surface area contributed by atoms with Crippen molar-refractivity contribution in [3.8, 4) is 0 Å². The molecule has 0 aliphatic carbocycles. The maximum Gasteiger partial charge on any atom is 0.199 e. The molecule has 0 heterocycles. The average molecular weight is 267 g/mol. The Labute approximate surface area is 105 Å². The third-order valence-corrected chi connectivity index (χ3v) is 9.98. The molecular weight excluding hydrogens is 240 g/mol. The van der Waals surface area contributed by atoms with Crippen LogP contribution in [-0.4, -0.2) is 36.6 Å². The topological polar surface area (TPSA) is 9.23 Å². The zero-order valence-electron chi connectivity index (χ0n) is 11.2. The average Bonchev–Trinajstić information content (AvgIpc) is 2.11. The molecule has 0 aliphatic rings. The van der Waals surface area contributed by atoms with Crippen molar-refractivity contribution >= 4 is 31.8 Å². The first-order valence-electron chi connectivity index (χ1n) is 5.61. The first-order valence-corrected chi connectivity index (χ1v) is 10.6. The lowest BCUT2D eigenvalue weighted by Gasteiger charge is -2.31. The Morgan fingerprint density at radius 3 is 1.93 bits per heavy atom. The fraction of sp³-hybridized carbons (Fsp3) is 1.00. The Bertz CT molecular complexity index is 172. The summed E-state index contributed by atoms with van der Waals surface area (Å²) in [5.74, 6) is 1.23. The Morgan fingerprint density at radius 1 is 1.07 bits per heavy atom. The van der Waals surface area contributed by atoms with Gasteiger partial charge in [-0.25, -0.2) is 0 Å². The van der Waals surface area contributed by atoms with Crippen molar-refractivity contribution in [3.05, 3.63) is 0 Å². The zero-order valence-corrected chi connectivity index (χ0v) is 13.8. The molecule has 4 heteroatoms. The summed E-state index contributed by atoms with van der Waals surface area (Å²) in [6, 6.07) is 0. The Hall–Kier alpha value is 0.877. The van der Waals surface area contributed by atoms with Crippen LogP contribution in [-0.2, 0) is 4.43 Å². The smallest absolute Gasteiger partial charge is 0.199 e. The molecule has 0 aromatic heterocycles. The third kappa shape index (κ3) is 6.92. The first-order chi connectivity index (χ1) is 6.79.